The molecule has 0 saturated carbocycles. The Labute approximate surface area is 194 Å². The van der Waals surface area contributed by atoms with Gasteiger partial charge in [0.2, 0.25) is 5.78 Å². The molecular formula is C26H22N2O4S. The van der Waals surface area contributed by atoms with Crippen molar-refractivity contribution < 1.29 is 19.1 Å². The fourth-order valence-electron chi connectivity index (χ4n) is 4.10. The number of anilines is 1. The number of aromatic nitrogens is 1. The lowest BCUT2D eigenvalue weighted by atomic mass is 9.94. The summed E-state index contributed by atoms with van der Waals surface area (Å²) in [6.45, 7) is 5.79. The molecule has 166 valence electrons. The van der Waals surface area contributed by atoms with Crippen molar-refractivity contribution in [3.8, 4) is 0 Å². The molecule has 3 heterocycles. The number of nitrogens with zero attached hydrogens (tertiary/aromatic N) is 2. The van der Waals surface area contributed by atoms with Gasteiger partial charge in [0.05, 0.1) is 21.8 Å². The third kappa shape index (κ3) is 3.54. The Hall–Kier alpha value is -3.71. The third-order valence-corrected chi connectivity index (χ3v) is 6.88. The van der Waals surface area contributed by atoms with E-state index in [-0.39, 0.29) is 11.3 Å². The molecule has 2 aromatic heterocycles. The number of furan rings is 1. The van der Waals surface area contributed by atoms with Crippen molar-refractivity contribution in [1.29, 1.82) is 0 Å². The number of Topliss-reactive ketones (excluding diaryl/α,β-unsaturated/α-hetero) is 1. The first-order chi connectivity index (χ1) is 15.9. The van der Waals surface area contributed by atoms with Gasteiger partial charge in [-0.3, -0.25) is 14.5 Å². The lowest BCUT2D eigenvalue weighted by Crippen LogP contribution is -2.31. The molecule has 1 unspecified atom stereocenters. The fourth-order valence-corrected chi connectivity index (χ4v) is 5.19. The maximum absolute atomic E-state index is 13.4. The SMILES string of the molecule is CCc1ccc(C2C(C(=O)c3ccc(C)o3)=C(O)C(=O)N2c2nc3ccc(C)cc3s2)cc1. The first-order valence-electron chi connectivity index (χ1n) is 10.7. The van der Waals surface area contributed by atoms with Gasteiger partial charge in [-0.25, -0.2) is 4.98 Å². The van der Waals surface area contributed by atoms with Crippen molar-refractivity contribution in [3.63, 3.8) is 0 Å². The summed E-state index contributed by atoms with van der Waals surface area (Å²) in [6.07, 6.45) is 0.864. The van der Waals surface area contributed by atoms with Crippen molar-refractivity contribution in [1.82, 2.24) is 4.98 Å². The fraction of sp³-hybridized carbons (Fsp3) is 0.192. The van der Waals surface area contributed by atoms with Crippen LogP contribution in [-0.2, 0) is 11.2 Å². The van der Waals surface area contributed by atoms with E-state index in [0.29, 0.717) is 16.5 Å². The predicted octanol–water partition coefficient (Wildman–Crippen LogP) is 5.85. The minimum absolute atomic E-state index is 0.00552. The van der Waals surface area contributed by atoms with Crippen LogP contribution in [0.1, 0.15) is 46.0 Å². The van der Waals surface area contributed by atoms with E-state index < -0.39 is 23.5 Å². The Kier molecular flexibility index (Phi) is 5.13. The van der Waals surface area contributed by atoms with Crippen LogP contribution in [0.25, 0.3) is 10.2 Å². The van der Waals surface area contributed by atoms with Gasteiger partial charge in [0.15, 0.2) is 16.7 Å². The van der Waals surface area contributed by atoms with Crippen molar-refractivity contribution in [2.75, 3.05) is 4.90 Å². The molecule has 1 aliphatic heterocycles. The van der Waals surface area contributed by atoms with Gasteiger partial charge in [0.1, 0.15) is 5.76 Å². The predicted molar refractivity (Wildman–Crippen MR) is 128 cm³/mol. The van der Waals surface area contributed by atoms with Crippen LogP contribution in [0.5, 0.6) is 0 Å². The Balaban J connectivity index is 1.67. The zero-order valence-corrected chi connectivity index (χ0v) is 19.3. The smallest absolute Gasteiger partial charge is 0.296 e. The van der Waals surface area contributed by atoms with E-state index >= 15 is 0 Å². The molecule has 1 atom stereocenters. The van der Waals surface area contributed by atoms with Crippen LogP contribution in [-0.4, -0.2) is 21.8 Å². The maximum Gasteiger partial charge on any atom is 0.296 e. The molecule has 0 fully saturated rings. The highest BCUT2D eigenvalue weighted by molar-refractivity contribution is 7.22. The Morgan fingerprint density at radius 2 is 1.88 bits per heavy atom. The number of carbonyl (C=O) groups excluding carboxylic acids is 2. The summed E-state index contributed by atoms with van der Waals surface area (Å²) in [4.78, 5) is 32.8. The van der Waals surface area contributed by atoms with Gasteiger partial charge in [-0.05, 0) is 61.2 Å². The van der Waals surface area contributed by atoms with Crippen molar-refractivity contribution in [3.05, 3.63) is 94.1 Å². The molecule has 0 spiro atoms. The first kappa shape index (κ1) is 21.2. The normalized spacial score (nSPS) is 16.3. The summed E-state index contributed by atoms with van der Waals surface area (Å²) in [5.41, 5.74) is 3.69. The molecule has 1 aliphatic rings. The number of aryl methyl sites for hydroxylation is 3. The average molecular weight is 459 g/mol. The van der Waals surface area contributed by atoms with E-state index in [2.05, 4.69) is 11.9 Å². The highest BCUT2D eigenvalue weighted by atomic mass is 32.1. The van der Waals surface area contributed by atoms with Crippen LogP contribution in [0.3, 0.4) is 0 Å². The molecule has 7 heteroatoms. The van der Waals surface area contributed by atoms with Crippen LogP contribution in [0.15, 0.2) is 70.3 Å². The van der Waals surface area contributed by atoms with E-state index in [1.807, 2.05) is 49.4 Å². The summed E-state index contributed by atoms with van der Waals surface area (Å²) in [5, 5.41) is 11.3. The molecule has 0 saturated heterocycles. The lowest BCUT2D eigenvalue weighted by Gasteiger charge is -2.24. The average Bonchev–Trinajstić information content (AvgIpc) is 3.49. The van der Waals surface area contributed by atoms with Crippen LogP contribution in [0, 0.1) is 13.8 Å². The van der Waals surface area contributed by atoms with Crippen LogP contribution in [0.4, 0.5) is 5.13 Å². The zero-order chi connectivity index (χ0) is 23.3. The molecule has 6 nitrogen and oxygen atoms in total. The summed E-state index contributed by atoms with van der Waals surface area (Å²) in [6, 6.07) is 16.0. The molecule has 0 bridgehead atoms. The Morgan fingerprint density at radius 3 is 2.55 bits per heavy atom. The Morgan fingerprint density at radius 1 is 1.12 bits per heavy atom. The third-order valence-electron chi connectivity index (χ3n) is 5.86. The summed E-state index contributed by atoms with van der Waals surface area (Å²) >= 11 is 1.36. The number of aliphatic hydroxyl groups excluding tert-OH is 1. The topological polar surface area (TPSA) is 83.6 Å². The first-order valence-corrected chi connectivity index (χ1v) is 11.5. The van der Waals surface area contributed by atoms with Gasteiger partial charge in [0.25, 0.3) is 5.91 Å². The largest absolute Gasteiger partial charge is 0.503 e. The highest BCUT2D eigenvalue weighted by Crippen LogP contribution is 2.44. The van der Waals surface area contributed by atoms with Gasteiger partial charge >= 0.3 is 0 Å². The van der Waals surface area contributed by atoms with Crippen LogP contribution in [0.2, 0.25) is 0 Å². The molecule has 1 N–H and O–H groups in total. The molecule has 2 aromatic carbocycles. The summed E-state index contributed by atoms with van der Waals surface area (Å²) in [5.74, 6) is -1.09. The number of hydrogen-bond donors (Lipinski definition) is 1. The van der Waals surface area contributed by atoms with Gasteiger partial charge in [-0.15, -0.1) is 0 Å². The maximum atomic E-state index is 13.4. The number of carbonyl (C=O) groups is 2. The lowest BCUT2D eigenvalue weighted by molar-refractivity contribution is -0.117. The molecule has 33 heavy (non-hydrogen) atoms. The number of rotatable bonds is 5. The standard InChI is InChI=1S/C26H22N2O4S/c1-4-16-7-9-17(10-8-16)22-21(23(29)19-12-6-15(3)32-19)24(30)25(31)28(22)26-27-18-11-5-14(2)13-20(18)33-26/h5-13,22,30H,4H2,1-3H3. The molecule has 1 amide bonds. The van der Waals surface area contributed by atoms with Gasteiger partial charge in [-0.1, -0.05) is 48.6 Å². The van der Waals surface area contributed by atoms with Gasteiger partial charge < -0.3 is 9.52 Å². The van der Waals surface area contributed by atoms with Crippen LogP contribution < -0.4 is 4.90 Å². The highest BCUT2D eigenvalue weighted by Gasteiger charge is 2.46. The van der Waals surface area contributed by atoms with Crippen molar-refractivity contribution in [2.45, 2.75) is 33.2 Å². The number of benzene rings is 2. The number of thiazole rings is 1. The molecule has 0 aliphatic carbocycles. The molecule has 5 rings (SSSR count). The summed E-state index contributed by atoms with van der Waals surface area (Å²) < 4.78 is 6.46. The van der Waals surface area contributed by atoms with E-state index in [9.17, 15) is 14.7 Å². The van der Waals surface area contributed by atoms with Gasteiger partial charge in [-0.2, -0.15) is 0 Å². The van der Waals surface area contributed by atoms with Crippen molar-refractivity contribution in [2.24, 2.45) is 0 Å². The molecule has 4 aromatic rings. The van der Waals surface area contributed by atoms with Crippen LogP contribution >= 0.6 is 11.3 Å². The quantitative estimate of drug-likeness (QED) is 0.379. The van der Waals surface area contributed by atoms with E-state index in [1.54, 1.807) is 19.1 Å². The second-order valence-electron chi connectivity index (χ2n) is 8.14. The monoisotopic (exact) mass is 458 g/mol. The second-order valence-corrected chi connectivity index (χ2v) is 9.15. The van der Waals surface area contributed by atoms with E-state index in [4.69, 9.17) is 4.42 Å². The van der Waals surface area contributed by atoms with E-state index in [1.165, 1.54) is 16.2 Å². The molecule has 0 radical (unpaired) electrons. The number of hydrogen-bond acceptors (Lipinski definition) is 6. The minimum Gasteiger partial charge on any atom is -0.503 e. The number of ketones is 1. The second kappa shape index (κ2) is 8.01. The zero-order valence-electron chi connectivity index (χ0n) is 18.5. The van der Waals surface area contributed by atoms with Crippen molar-refractivity contribution >= 4 is 38.4 Å². The minimum atomic E-state index is -0.817. The number of amides is 1. The van der Waals surface area contributed by atoms with Gasteiger partial charge in [0, 0.05) is 0 Å². The molecular weight excluding hydrogens is 436 g/mol. The summed E-state index contributed by atoms with van der Waals surface area (Å²) in [7, 11) is 0. The van der Waals surface area contributed by atoms with E-state index in [0.717, 1.165) is 27.8 Å². The number of aliphatic hydroxyl groups is 1. The number of fused-ring (bicyclic) bond motifs is 1. The Bertz CT molecular complexity index is 1430.